The van der Waals surface area contributed by atoms with E-state index in [1.54, 1.807) is 35.1 Å². The average molecular weight is 358 g/mol. The van der Waals surface area contributed by atoms with E-state index in [-0.39, 0.29) is 12.5 Å². The maximum Gasteiger partial charge on any atom is 0.255 e. The largest absolute Gasteiger partial charge is 0.366 e. The molecule has 0 bridgehead atoms. The van der Waals surface area contributed by atoms with Gasteiger partial charge in [0.15, 0.2) is 0 Å². The summed E-state index contributed by atoms with van der Waals surface area (Å²) in [5, 5.41) is 7.05. The lowest BCUT2D eigenvalue weighted by molar-refractivity contribution is 0.0956. The average Bonchev–Trinajstić information content (AvgIpc) is 3.07. The number of hydrogen-bond acceptors (Lipinski definition) is 3. The zero-order valence-electron chi connectivity index (χ0n) is 14.8. The number of benzene rings is 2. The molecular weight excluding hydrogens is 340 g/mol. The number of amides is 2. The molecule has 0 fully saturated rings. The number of rotatable bonds is 4. The van der Waals surface area contributed by atoms with Gasteiger partial charge in [-0.05, 0) is 43.3 Å². The van der Waals surface area contributed by atoms with E-state index in [0.717, 1.165) is 16.9 Å². The normalized spacial score (nSPS) is 9.96. The summed E-state index contributed by atoms with van der Waals surface area (Å²) < 4.78 is 1.72. The number of aromatic nitrogens is 2. The quantitative estimate of drug-likeness (QED) is 0.700. The molecule has 0 spiro atoms. The van der Waals surface area contributed by atoms with Gasteiger partial charge in [-0.25, -0.2) is 4.68 Å². The van der Waals surface area contributed by atoms with Gasteiger partial charge in [0, 0.05) is 11.1 Å². The maximum absolute atomic E-state index is 12.4. The maximum atomic E-state index is 12.4. The highest BCUT2D eigenvalue weighted by Crippen LogP contribution is 2.13. The predicted octanol–water partition coefficient (Wildman–Crippen LogP) is 2.06. The Morgan fingerprint density at radius 1 is 1.11 bits per heavy atom. The summed E-state index contributed by atoms with van der Waals surface area (Å²) >= 11 is 0. The molecule has 3 N–H and O–H groups in total. The minimum absolute atomic E-state index is 0.201. The Kier molecular flexibility index (Phi) is 5.33. The molecule has 0 aliphatic rings. The van der Waals surface area contributed by atoms with Crippen LogP contribution in [0.5, 0.6) is 0 Å². The fourth-order valence-corrected chi connectivity index (χ4v) is 2.55. The number of nitrogens with one attached hydrogen (secondary N) is 1. The Balaban J connectivity index is 1.62. The molecule has 3 aromatic rings. The van der Waals surface area contributed by atoms with Crippen molar-refractivity contribution < 1.29 is 9.59 Å². The summed E-state index contributed by atoms with van der Waals surface area (Å²) in [7, 11) is 0. The van der Waals surface area contributed by atoms with Crippen LogP contribution in [0.4, 0.5) is 0 Å². The van der Waals surface area contributed by atoms with Gasteiger partial charge in [0.1, 0.15) is 0 Å². The van der Waals surface area contributed by atoms with Gasteiger partial charge in [0.25, 0.3) is 5.91 Å². The molecule has 0 saturated heterocycles. The van der Waals surface area contributed by atoms with Gasteiger partial charge in [0.05, 0.1) is 29.7 Å². The molecule has 0 aliphatic carbocycles. The Hall–Kier alpha value is -3.85. The van der Waals surface area contributed by atoms with Crippen molar-refractivity contribution in [1.29, 1.82) is 0 Å². The molecule has 0 atom stereocenters. The lowest BCUT2D eigenvalue weighted by Gasteiger charge is -2.05. The van der Waals surface area contributed by atoms with Gasteiger partial charge >= 0.3 is 0 Å². The van der Waals surface area contributed by atoms with Crippen LogP contribution in [-0.2, 0) is 0 Å². The molecule has 3 rings (SSSR count). The monoisotopic (exact) mass is 358 g/mol. The molecule has 6 nitrogen and oxygen atoms in total. The van der Waals surface area contributed by atoms with Gasteiger partial charge in [-0.1, -0.05) is 30.0 Å². The summed E-state index contributed by atoms with van der Waals surface area (Å²) in [5.41, 5.74) is 8.52. The number of hydrogen-bond donors (Lipinski definition) is 2. The first-order chi connectivity index (χ1) is 13.1. The van der Waals surface area contributed by atoms with Crippen molar-refractivity contribution in [2.24, 2.45) is 5.73 Å². The Labute approximate surface area is 157 Å². The van der Waals surface area contributed by atoms with Crippen LogP contribution in [0.1, 0.15) is 32.0 Å². The number of carbonyl (C=O) groups excluding carboxylic acids is 2. The van der Waals surface area contributed by atoms with Crippen LogP contribution in [0, 0.1) is 18.8 Å². The molecular formula is C21H18N4O2. The highest BCUT2D eigenvalue weighted by atomic mass is 16.2. The highest BCUT2D eigenvalue weighted by Gasteiger charge is 2.14. The molecule has 0 unspecified atom stereocenters. The van der Waals surface area contributed by atoms with Gasteiger partial charge in [0.2, 0.25) is 5.91 Å². The minimum Gasteiger partial charge on any atom is -0.366 e. The van der Waals surface area contributed by atoms with Gasteiger partial charge in [-0.15, -0.1) is 0 Å². The van der Waals surface area contributed by atoms with Gasteiger partial charge in [-0.2, -0.15) is 5.10 Å². The number of primary amides is 1. The Morgan fingerprint density at radius 2 is 1.81 bits per heavy atom. The number of carbonyl (C=O) groups is 2. The molecule has 2 amide bonds. The van der Waals surface area contributed by atoms with E-state index in [0.29, 0.717) is 11.1 Å². The van der Waals surface area contributed by atoms with Crippen molar-refractivity contribution >= 4 is 11.8 Å². The van der Waals surface area contributed by atoms with Crippen molar-refractivity contribution in [3.05, 3.63) is 83.2 Å². The summed E-state index contributed by atoms with van der Waals surface area (Å²) in [6, 6.07) is 16.3. The first-order valence-corrected chi connectivity index (χ1v) is 8.33. The van der Waals surface area contributed by atoms with E-state index in [1.807, 2.05) is 37.3 Å². The number of nitrogens with two attached hydrogens (primary N) is 1. The molecule has 6 heteroatoms. The zero-order chi connectivity index (χ0) is 19.2. The van der Waals surface area contributed by atoms with Crippen molar-refractivity contribution in [3.8, 4) is 17.5 Å². The second-order valence-corrected chi connectivity index (χ2v) is 5.82. The van der Waals surface area contributed by atoms with Crippen molar-refractivity contribution in [2.45, 2.75) is 6.92 Å². The minimum atomic E-state index is -0.479. The highest BCUT2D eigenvalue weighted by molar-refractivity contribution is 5.95. The molecule has 134 valence electrons. The number of nitrogens with zero attached hydrogens (tertiary/aromatic N) is 2. The molecule has 0 aliphatic heterocycles. The smallest absolute Gasteiger partial charge is 0.255 e. The van der Waals surface area contributed by atoms with E-state index < -0.39 is 5.91 Å². The molecule has 2 aromatic carbocycles. The van der Waals surface area contributed by atoms with E-state index in [2.05, 4.69) is 22.3 Å². The molecule has 0 saturated carbocycles. The lowest BCUT2D eigenvalue weighted by atomic mass is 10.1. The Bertz CT molecular complexity index is 1030. The summed E-state index contributed by atoms with van der Waals surface area (Å²) in [6.45, 7) is 2.05. The van der Waals surface area contributed by atoms with Crippen LogP contribution < -0.4 is 11.1 Å². The fraction of sp³-hybridized carbons (Fsp3) is 0.0952. The first kappa shape index (κ1) is 18.0. The molecule has 27 heavy (non-hydrogen) atoms. The summed E-state index contributed by atoms with van der Waals surface area (Å²) in [6.07, 6.45) is 1.55. The van der Waals surface area contributed by atoms with Crippen molar-refractivity contribution in [3.63, 3.8) is 0 Å². The van der Waals surface area contributed by atoms with Crippen LogP contribution in [-0.4, -0.2) is 28.1 Å². The lowest BCUT2D eigenvalue weighted by Crippen LogP contribution is -2.24. The standard InChI is InChI=1S/C21H18N4O2/c1-15-19(14-24-25(15)18-7-3-2-4-8-18)21(27)23-13-5-6-16-9-11-17(12-10-16)20(22)26/h2-4,7-12,14H,13H2,1H3,(H2,22,26)(H,23,27). The Morgan fingerprint density at radius 3 is 2.48 bits per heavy atom. The second-order valence-electron chi connectivity index (χ2n) is 5.82. The number of para-hydroxylation sites is 1. The topological polar surface area (TPSA) is 90.0 Å². The van der Waals surface area contributed by atoms with Crippen LogP contribution in [0.15, 0.2) is 60.8 Å². The van der Waals surface area contributed by atoms with E-state index in [9.17, 15) is 9.59 Å². The van der Waals surface area contributed by atoms with Crippen LogP contribution >= 0.6 is 0 Å². The zero-order valence-corrected chi connectivity index (χ0v) is 14.8. The predicted molar refractivity (Wildman–Crippen MR) is 102 cm³/mol. The van der Waals surface area contributed by atoms with E-state index >= 15 is 0 Å². The van der Waals surface area contributed by atoms with Crippen molar-refractivity contribution in [2.75, 3.05) is 6.54 Å². The van der Waals surface area contributed by atoms with Gasteiger partial charge in [-0.3, -0.25) is 9.59 Å². The van der Waals surface area contributed by atoms with Crippen molar-refractivity contribution in [1.82, 2.24) is 15.1 Å². The van der Waals surface area contributed by atoms with Crippen LogP contribution in [0.3, 0.4) is 0 Å². The summed E-state index contributed by atoms with van der Waals surface area (Å²) in [4.78, 5) is 23.4. The third kappa shape index (κ3) is 4.22. The van der Waals surface area contributed by atoms with Crippen LogP contribution in [0.25, 0.3) is 5.69 Å². The van der Waals surface area contributed by atoms with E-state index in [1.165, 1.54) is 0 Å². The summed E-state index contributed by atoms with van der Waals surface area (Å²) in [5.74, 6) is 5.10. The SMILES string of the molecule is Cc1c(C(=O)NCC#Cc2ccc(C(N)=O)cc2)cnn1-c1ccccc1. The third-order valence-electron chi connectivity index (χ3n) is 3.99. The second kappa shape index (κ2) is 8.02. The fourth-order valence-electron chi connectivity index (χ4n) is 2.55. The van der Waals surface area contributed by atoms with Gasteiger partial charge < -0.3 is 11.1 Å². The van der Waals surface area contributed by atoms with Crippen LogP contribution in [0.2, 0.25) is 0 Å². The van der Waals surface area contributed by atoms with E-state index in [4.69, 9.17) is 5.73 Å². The molecule has 0 radical (unpaired) electrons. The first-order valence-electron chi connectivity index (χ1n) is 8.33. The molecule has 1 aromatic heterocycles. The third-order valence-corrected chi connectivity index (χ3v) is 3.99. The molecule has 1 heterocycles.